The van der Waals surface area contributed by atoms with E-state index >= 15 is 0 Å². The zero-order valence-electron chi connectivity index (χ0n) is 13.9. The molecule has 2 aromatic carbocycles. The van der Waals surface area contributed by atoms with Gasteiger partial charge in [0.25, 0.3) is 0 Å². The zero-order chi connectivity index (χ0) is 17.1. The molecule has 24 heavy (non-hydrogen) atoms. The van der Waals surface area contributed by atoms with Gasteiger partial charge in [0.2, 0.25) is 0 Å². The molecule has 3 aromatic rings. The molecule has 1 aromatic heterocycles. The van der Waals surface area contributed by atoms with E-state index in [9.17, 15) is 9.90 Å². The Morgan fingerprint density at radius 1 is 1.17 bits per heavy atom. The van der Waals surface area contributed by atoms with Crippen molar-refractivity contribution in [3.8, 4) is 0 Å². The fraction of sp³-hybridized carbons (Fsp3) is 0.250. The first kappa shape index (κ1) is 16.3. The number of fused-ring (bicyclic) bond motifs is 1. The lowest BCUT2D eigenvalue weighted by atomic mass is 10.0. The highest BCUT2D eigenvalue weighted by Crippen LogP contribution is 2.29. The average molecular weight is 323 g/mol. The quantitative estimate of drug-likeness (QED) is 0.732. The SMILES string of the molecule is CCc1cc2c(C(O)C(=O)OC)cccc2n1Cc1ccccc1. The van der Waals surface area contributed by atoms with E-state index in [1.807, 2.05) is 30.3 Å². The van der Waals surface area contributed by atoms with Crippen molar-refractivity contribution in [2.24, 2.45) is 0 Å². The smallest absolute Gasteiger partial charge is 0.339 e. The van der Waals surface area contributed by atoms with E-state index in [1.54, 1.807) is 6.07 Å². The van der Waals surface area contributed by atoms with Crippen LogP contribution in [0.15, 0.2) is 54.6 Å². The minimum absolute atomic E-state index is 0.584. The molecule has 0 spiro atoms. The molecule has 1 N–H and O–H groups in total. The third-order valence-electron chi connectivity index (χ3n) is 4.33. The van der Waals surface area contributed by atoms with Crippen molar-refractivity contribution in [2.75, 3.05) is 7.11 Å². The number of carbonyl (C=O) groups is 1. The van der Waals surface area contributed by atoms with Crippen LogP contribution in [0.25, 0.3) is 10.9 Å². The molecule has 0 saturated heterocycles. The summed E-state index contributed by atoms with van der Waals surface area (Å²) in [4.78, 5) is 11.7. The Labute approximate surface area is 141 Å². The summed E-state index contributed by atoms with van der Waals surface area (Å²) in [7, 11) is 1.28. The van der Waals surface area contributed by atoms with E-state index in [1.165, 1.54) is 18.4 Å². The third-order valence-corrected chi connectivity index (χ3v) is 4.33. The van der Waals surface area contributed by atoms with Crippen molar-refractivity contribution in [1.29, 1.82) is 0 Å². The molecule has 4 nitrogen and oxygen atoms in total. The Bertz CT molecular complexity index is 852. The van der Waals surface area contributed by atoms with Gasteiger partial charge in [-0.1, -0.05) is 49.4 Å². The number of hydrogen-bond donors (Lipinski definition) is 1. The molecule has 0 bridgehead atoms. The van der Waals surface area contributed by atoms with E-state index in [2.05, 4.69) is 34.4 Å². The Kier molecular flexibility index (Phi) is 4.67. The summed E-state index contributed by atoms with van der Waals surface area (Å²) in [6.07, 6.45) is -0.397. The summed E-state index contributed by atoms with van der Waals surface area (Å²) in [6.45, 7) is 2.86. The van der Waals surface area contributed by atoms with Crippen LogP contribution in [0.2, 0.25) is 0 Å². The van der Waals surface area contributed by atoms with E-state index < -0.39 is 12.1 Å². The highest BCUT2D eigenvalue weighted by molar-refractivity contribution is 5.90. The van der Waals surface area contributed by atoms with Gasteiger partial charge in [-0.15, -0.1) is 0 Å². The maximum atomic E-state index is 11.7. The number of ether oxygens (including phenoxy) is 1. The fourth-order valence-corrected chi connectivity index (χ4v) is 3.08. The summed E-state index contributed by atoms with van der Waals surface area (Å²) < 4.78 is 6.91. The van der Waals surface area contributed by atoms with Crippen molar-refractivity contribution >= 4 is 16.9 Å². The Morgan fingerprint density at radius 2 is 1.92 bits per heavy atom. The highest BCUT2D eigenvalue weighted by Gasteiger charge is 2.22. The second-order valence-corrected chi connectivity index (χ2v) is 5.77. The van der Waals surface area contributed by atoms with Crippen molar-refractivity contribution in [2.45, 2.75) is 26.0 Å². The second kappa shape index (κ2) is 6.89. The topological polar surface area (TPSA) is 51.5 Å². The minimum atomic E-state index is -1.27. The summed E-state index contributed by atoms with van der Waals surface area (Å²) in [6, 6.07) is 18.0. The van der Waals surface area contributed by atoms with Crippen LogP contribution in [-0.4, -0.2) is 22.8 Å². The molecule has 0 amide bonds. The lowest BCUT2D eigenvalue weighted by Gasteiger charge is -2.12. The van der Waals surface area contributed by atoms with Gasteiger partial charge >= 0.3 is 5.97 Å². The van der Waals surface area contributed by atoms with Gasteiger partial charge in [-0.2, -0.15) is 0 Å². The number of methoxy groups -OCH3 is 1. The number of aliphatic hydroxyl groups is 1. The van der Waals surface area contributed by atoms with Crippen molar-refractivity contribution in [1.82, 2.24) is 4.57 Å². The predicted molar refractivity (Wildman–Crippen MR) is 93.8 cm³/mol. The maximum absolute atomic E-state index is 11.7. The van der Waals surface area contributed by atoms with Crippen molar-refractivity contribution in [3.05, 3.63) is 71.4 Å². The fourth-order valence-electron chi connectivity index (χ4n) is 3.08. The van der Waals surface area contributed by atoms with Crippen LogP contribution in [0.3, 0.4) is 0 Å². The number of aliphatic hydroxyl groups excluding tert-OH is 1. The first-order valence-electron chi connectivity index (χ1n) is 8.06. The predicted octanol–water partition coefficient (Wildman–Crippen LogP) is 3.46. The summed E-state index contributed by atoms with van der Waals surface area (Å²) in [5, 5.41) is 11.2. The van der Waals surface area contributed by atoms with Gasteiger partial charge in [-0.3, -0.25) is 0 Å². The first-order chi connectivity index (χ1) is 11.7. The van der Waals surface area contributed by atoms with Crippen molar-refractivity contribution < 1.29 is 14.6 Å². The van der Waals surface area contributed by atoms with Gasteiger partial charge in [-0.05, 0) is 24.1 Å². The van der Waals surface area contributed by atoms with Gasteiger partial charge in [-0.25, -0.2) is 4.79 Å². The third kappa shape index (κ3) is 2.93. The van der Waals surface area contributed by atoms with E-state index in [4.69, 9.17) is 0 Å². The molecule has 0 radical (unpaired) electrons. The van der Waals surface area contributed by atoms with Gasteiger partial charge in [0.05, 0.1) is 7.11 Å². The Balaban J connectivity index is 2.11. The zero-order valence-corrected chi connectivity index (χ0v) is 13.9. The molecule has 0 saturated carbocycles. The second-order valence-electron chi connectivity index (χ2n) is 5.77. The number of aryl methyl sites for hydroxylation is 1. The Morgan fingerprint density at radius 3 is 2.58 bits per heavy atom. The molecule has 1 atom stereocenters. The van der Waals surface area contributed by atoms with Crippen LogP contribution in [0.5, 0.6) is 0 Å². The van der Waals surface area contributed by atoms with Crippen LogP contribution in [0, 0.1) is 0 Å². The normalized spacial score (nSPS) is 12.3. The number of benzene rings is 2. The number of hydrogen-bond acceptors (Lipinski definition) is 3. The van der Waals surface area contributed by atoms with Crippen LogP contribution >= 0.6 is 0 Å². The lowest BCUT2D eigenvalue weighted by molar-refractivity contribution is -0.150. The molecule has 0 fully saturated rings. The number of nitrogens with zero attached hydrogens (tertiary/aromatic N) is 1. The van der Waals surface area contributed by atoms with Crippen LogP contribution < -0.4 is 0 Å². The average Bonchev–Trinajstić information content (AvgIpc) is 2.99. The maximum Gasteiger partial charge on any atom is 0.339 e. The van der Waals surface area contributed by atoms with E-state index in [-0.39, 0.29) is 0 Å². The van der Waals surface area contributed by atoms with Gasteiger partial charge in [0.1, 0.15) is 0 Å². The largest absolute Gasteiger partial charge is 0.467 e. The molecule has 1 heterocycles. The number of rotatable bonds is 5. The molecular formula is C20H21NO3. The summed E-state index contributed by atoms with van der Waals surface area (Å²) in [5.74, 6) is -0.642. The molecule has 0 aliphatic heterocycles. The summed E-state index contributed by atoms with van der Waals surface area (Å²) >= 11 is 0. The number of carbonyl (C=O) groups excluding carboxylic acids is 1. The number of aromatic nitrogens is 1. The number of esters is 1. The van der Waals surface area contributed by atoms with Crippen LogP contribution in [0.4, 0.5) is 0 Å². The van der Waals surface area contributed by atoms with E-state index in [0.717, 1.165) is 23.9 Å². The monoisotopic (exact) mass is 323 g/mol. The van der Waals surface area contributed by atoms with Gasteiger partial charge < -0.3 is 14.4 Å². The molecular weight excluding hydrogens is 302 g/mol. The van der Waals surface area contributed by atoms with E-state index in [0.29, 0.717) is 5.56 Å². The molecule has 0 aliphatic carbocycles. The molecule has 4 heteroatoms. The first-order valence-corrected chi connectivity index (χ1v) is 8.06. The molecule has 1 unspecified atom stereocenters. The lowest BCUT2D eigenvalue weighted by Crippen LogP contribution is -2.13. The van der Waals surface area contributed by atoms with Gasteiger partial charge in [0.15, 0.2) is 6.10 Å². The van der Waals surface area contributed by atoms with Gasteiger partial charge in [0, 0.05) is 28.7 Å². The Hall–Kier alpha value is -2.59. The molecule has 3 rings (SSSR count). The molecule has 0 aliphatic rings. The highest BCUT2D eigenvalue weighted by atomic mass is 16.5. The summed E-state index contributed by atoms with van der Waals surface area (Å²) in [5.41, 5.74) is 3.97. The van der Waals surface area contributed by atoms with Crippen molar-refractivity contribution in [3.63, 3.8) is 0 Å². The molecule has 124 valence electrons. The minimum Gasteiger partial charge on any atom is -0.467 e. The van der Waals surface area contributed by atoms with Crippen LogP contribution in [0.1, 0.15) is 29.8 Å². The standard InChI is InChI=1S/C20H21NO3/c1-3-15-12-17-16(19(22)20(23)24-2)10-7-11-18(17)21(15)13-14-8-5-4-6-9-14/h4-12,19,22H,3,13H2,1-2H3. The van der Waals surface area contributed by atoms with Crippen LogP contribution in [-0.2, 0) is 22.5 Å².